The summed E-state index contributed by atoms with van der Waals surface area (Å²) in [6.45, 7) is 4.37. The fraction of sp³-hybridized carbons (Fsp3) is 0.185. The quantitative estimate of drug-likeness (QED) is 0.187. The van der Waals surface area contributed by atoms with Crippen molar-refractivity contribution in [3.8, 4) is 28.6 Å². The van der Waals surface area contributed by atoms with E-state index < -0.39 is 0 Å². The van der Waals surface area contributed by atoms with E-state index >= 15 is 0 Å². The predicted molar refractivity (Wildman–Crippen MR) is 142 cm³/mol. The van der Waals surface area contributed by atoms with Crippen molar-refractivity contribution in [1.82, 2.24) is 20.2 Å². The number of hydrogen-bond donors (Lipinski definition) is 1. The number of ether oxygens (including phenoxy) is 2. The first kappa shape index (κ1) is 25.0. The molecule has 3 aromatic carbocycles. The molecule has 9 heteroatoms. The zero-order valence-electron chi connectivity index (χ0n) is 20.3. The van der Waals surface area contributed by atoms with Gasteiger partial charge in [0.1, 0.15) is 11.5 Å². The summed E-state index contributed by atoms with van der Waals surface area (Å²) in [5, 5.41) is 13.6. The van der Waals surface area contributed by atoms with Gasteiger partial charge in [-0.05, 0) is 50.2 Å². The molecule has 0 unspecified atom stereocenters. The van der Waals surface area contributed by atoms with Crippen molar-refractivity contribution in [2.45, 2.75) is 19.0 Å². The van der Waals surface area contributed by atoms with E-state index in [0.29, 0.717) is 23.3 Å². The molecule has 0 saturated carbocycles. The molecule has 4 aromatic rings. The van der Waals surface area contributed by atoms with Gasteiger partial charge in [0.05, 0.1) is 25.2 Å². The van der Waals surface area contributed by atoms with Crippen LogP contribution in [0.2, 0.25) is 0 Å². The summed E-state index contributed by atoms with van der Waals surface area (Å²) in [5.41, 5.74) is 5.96. The number of nitrogens with zero attached hydrogens (tertiary/aromatic N) is 4. The van der Waals surface area contributed by atoms with Crippen molar-refractivity contribution in [1.29, 1.82) is 0 Å². The number of carbonyl (C=O) groups excluding carboxylic acids is 1. The van der Waals surface area contributed by atoms with Gasteiger partial charge in [0.2, 0.25) is 0 Å². The number of hydrazone groups is 1. The number of methoxy groups -OCH3 is 1. The third-order valence-corrected chi connectivity index (χ3v) is 6.17. The van der Waals surface area contributed by atoms with Crippen LogP contribution in [0.1, 0.15) is 19.4 Å². The molecule has 1 aromatic heterocycles. The summed E-state index contributed by atoms with van der Waals surface area (Å²) in [6, 6.07) is 25.0. The van der Waals surface area contributed by atoms with Crippen LogP contribution in [0.25, 0.3) is 17.1 Å². The average Bonchev–Trinajstić information content (AvgIpc) is 3.35. The molecule has 4 rings (SSSR count). The number of aromatic nitrogens is 3. The molecule has 1 N–H and O–H groups in total. The van der Waals surface area contributed by atoms with E-state index in [9.17, 15) is 4.79 Å². The van der Waals surface area contributed by atoms with E-state index in [0.717, 1.165) is 28.3 Å². The maximum atomic E-state index is 12.6. The van der Waals surface area contributed by atoms with Crippen LogP contribution in [0.15, 0.2) is 89.1 Å². The molecule has 36 heavy (non-hydrogen) atoms. The molecular formula is C27H27N5O3S. The largest absolute Gasteiger partial charge is 0.497 e. The Kier molecular flexibility index (Phi) is 8.36. The van der Waals surface area contributed by atoms with Gasteiger partial charge in [-0.1, -0.05) is 54.2 Å². The van der Waals surface area contributed by atoms with Crippen LogP contribution in [0, 0.1) is 0 Å². The molecule has 0 aliphatic rings. The molecule has 1 amide bonds. The van der Waals surface area contributed by atoms with Gasteiger partial charge in [-0.15, -0.1) is 10.2 Å². The van der Waals surface area contributed by atoms with Gasteiger partial charge < -0.3 is 9.47 Å². The first-order chi connectivity index (χ1) is 17.6. The van der Waals surface area contributed by atoms with Crippen LogP contribution in [0.5, 0.6) is 11.5 Å². The Bertz CT molecular complexity index is 1340. The third kappa shape index (κ3) is 6.11. The second-order valence-electron chi connectivity index (χ2n) is 7.69. The molecule has 0 fully saturated rings. The lowest BCUT2D eigenvalue weighted by atomic mass is 10.1. The first-order valence-corrected chi connectivity index (χ1v) is 12.4. The van der Waals surface area contributed by atoms with Gasteiger partial charge in [0.25, 0.3) is 5.91 Å². The second kappa shape index (κ2) is 12.0. The smallest absolute Gasteiger partial charge is 0.250 e. The van der Waals surface area contributed by atoms with Crippen LogP contribution < -0.4 is 14.9 Å². The standard InChI is InChI=1S/C27H27N5O3S/c1-4-35-23-15-13-22(14-16-23)32-26(20-9-6-5-7-10-20)30-31-27(32)36-18-25(33)29-28-19(2)21-11-8-12-24(17-21)34-3/h5-17H,4,18H2,1-3H3,(H,29,33)/b28-19+. The number of rotatable bonds is 10. The zero-order chi connectivity index (χ0) is 25.3. The SMILES string of the molecule is CCOc1ccc(-n2c(SCC(=O)N/N=C(\C)c3cccc(OC)c3)nnc2-c2ccccc2)cc1. The minimum Gasteiger partial charge on any atom is -0.497 e. The summed E-state index contributed by atoms with van der Waals surface area (Å²) in [5.74, 6) is 2.08. The van der Waals surface area contributed by atoms with Crippen LogP contribution in [0.4, 0.5) is 0 Å². The van der Waals surface area contributed by atoms with E-state index in [-0.39, 0.29) is 11.7 Å². The Balaban J connectivity index is 1.51. The molecule has 0 radical (unpaired) electrons. The Labute approximate surface area is 214 Å². The van der Waals surface area contributed by atoms with Crippen LogP contribution in [-0.2, 0) is 4.79 Å². The maximum absolute atomic E-state index is 12.6. The van der Waals surface area contributed by atoms with Gasteiger partial charge in [-0.3, -0.25) is 9.36 Å². The van der Waals surface area contributed by atoms with Gasteiger partial charge in [-0.25, -0.2) is 5.43 Å². The number of thioether (sulfide) groups is 1. The number of amides is 1. The molecule has 0 spiro atoms. The molecular weight excluding hydrogens is 474 g/mol. The van der Waals surface area contributed by atoms with Crippen molar-refractivity contribution in [3.63, 3.8) is 0 Å². The number of carbonyl (C=O) groups is 1. The maximum Gasteiger partial charge on any atom is 0.250 e. The molecule has 0 aliphatic heterocycles. The monoisotopic (exact) mass is 501 g/mol. The Hall–Kier alpha value is -4.11. The Morgan fingerprint density at radius 2 is 1.78 bits per heavy atom. The topological polar surface area (TPSA) is 90.6 Å². The predicted octanol–water partition coefficient (Wildman–Crippen LogP) is 4.97. The van der Waals surface area contributed by atoms with Crippen molar-refractivity contribution >= 4 is 23.4 Å². The summed E-state index contributed by atoms with van der Waals surface area (Å²) in [7, 11) is 1.61. The average molecular weight is 502 g/mol. The number of benzene rings is 3. The minimum absolute atomic E-state index is 0.124. The van der Waals surface area contributed by atoms with Gasteiger partial charge in [0, 0.05) is 16.8 Å². The molecule has 0 atom stereocenters. The molecule has 0 aliphatic carbocycles. The summed E-state index contributed by atoms with van der Waals surface area (Å²) >= 11 is 1.29. The van der Waals surface area contributed by atoms with Gasteiger partial charge in [0.15, 0.2) is 11.0 Å². The summed E-state index contributed by atoms with van der Waals surface area (Å²) in [4.78, 5) is 12.6. The lowest BCUT2D eigenvalue weighted by Gasteiger charge is -2.11. The highest BCUT2D eigenvalue weighted by atomic mass is 32.2. The first-order valence-electron chi connectivity index (χ1n) is 11.4. The molecule has 0 saturated heterocycles. The Morgan fingerprint density at radius 3 is 2.50 bits per heavy atom. The summed E-state index contributed by atoms with van der Waals surface area (Å²) < 4.78 is 12.8. The molecule has 1 heterocycles. The van der Waals surface area contributed by atoms with Crippen LogP contribution in [0.3, 0.4) is 0 Å². The lowest BCUT2D eigenvalue weighted by Crippen LogP contribution is -2.21. The van der Waals surface area contributed by atoms with Crippen molar-refractivity contribution < 1.29 is 14.3 Å². The molecule has 8 nitrogen and oxygen atoms in total. The van der Waals surface area contributed by atoms with E-state index in [1.54, 1.807) is 7.11 Å². The highest BCUT2D eigenvalue weighted by Crippen LogP contribution is 2.28. The van der Waals surface area contributed by atoms with Crippen molar-refractivity contribution in [2.24, 2.45) is 5.10 Å². The van der Waals surface area contributed by atoms with E-state index in [1.165, 1.54) is 11.8 Å². The minimum atomic E-state index is -0.246. The highest BCUT2D eigenvalue weighted by Gasteiger charge is 2.17. The summed E-state index contributed by atoms with van der Waals surface area (Å²) in [6.07, 6.45) is 0. The number of hydrogen-bond acceptors (Lipinski definition) is 7. The fourth-order valence-electron chi connectivity index (χ4n) is 3.45. The van der Waals surface area contributed by atoms with E-state index in [2.05, 4.69) is 20.7 Å². The lowest BCUT2D eigenvalue weighted by molar-refractivity contribution is -0.118. The normalized spacial score (nSPS) is 11.2. The molecule has 0 bridgehead atoms. The highest BCUT2D eigenvalue weighted by molar-refractivity contribution is 7.99. The van der Waals surface area contributed by atoms with Crippen LogP contribution >= 0.6 is 11.8 Å². The second-order valence-corrected chi connectivity index (χ2v) is 8.63. The Morgan fingerprint density at radius 1 is 1.00 bits per heavy atom. The van der Waals surface area contributed by atoms with Gasteiger partial charge in [-0.2, -0.15) is 5.10 Å². The van der Waals surface area contributed by atoms with Crippen LogP contribution in [-0.4, -0.2) is 45.9 Å². The van der Waals surface area contributed by atoms with E-state index in [1.807, 2.05) is 97.3 Å². The van der Waals surface area contributed by atoms with Crippen molar-refractivity contribution in [2.75, 3.05) is 19.5 Å². The van der Waals surface area contributed by atoms with E-state index in [4.69, 9.17) is 9.47 Å². The van der Waals surface area contributed by atoms with Crippen molar-refractivity contribution in [3.05, 3.63) is 84.4 Å². The number of nitrogens with one attached hydrogen (secondary N) is 1. The molecule has 184 valence electrons. The van der Waals surface area contributed by atoms with Gasteiger partial charge >= 0.3 is 0 Å². The zero-order valence-corrected chi connectivity index (χ0v) is 21.2. The fourth-order valence-corrected chi connectivity index (χ4v) is 4.19. The third-order valence-electron chi connectivity index (χ3n) is 5.24.